The highest BCUT2D eigenvalue weighted by Crippen LogP contribution is 2.36. The van der Waals surface area contributed by atoms with E-state index in [2.05, 4.69) is 10.6 Å². The highest BCUT2D eigenvalue weighted by Gasteiger charge is 2.57. The van der Waals surface area contributed by atoms with Crippen LogP contribution in [0.5, 0.6) is 0 Å². The molecule has 0 aromatic rings. The summed E-state index contributed by atoms with van der Waals surface area (Å²) in [5, 5.41) is 154. The third-order valence-electron chi connectivity index (χ3n) is 11.4. The fraction of sp³-hybridized carbons (Fsp3) is 0.943. The molecule has 5 rings (SSSR count). The molecule has 5 aliphatic heterocycles. The Morgan fingerprint density at radius 2 is 0.794 bits per heavy atom. The fourth-order valence-corrected chi connectivity index (χ4v) is 8.09. The average molecular weight is 925 g/mol. The molecule has 0 aromatic carbocycles. The lowest BCUT2D eigenvalue weighted by atomic mass is 9.93. The molecule has 0 radical (unpaired) electrons. The first-order chi connectivity index (χ1) is 29.8. The van der Waals surface area contributed by atoms with Gasteiger partial charge in [0.2, 0.25) is 11.8 Å². The SMILES string of the molecule is CO[C@H]1[C@H](O)[C@@H](NC(C)=O)[C@@H](O[C@@H]2[C@H](O)[C@@H](NC(C)=O)[C@@H](O[C@H]3[C@@H](O)[C@@H](CO)O[C@H](O[C@H]4[C@H](O[C@H]5[C@H](O)[C@@H](O)C(O)O[C@@H]5CO)O[C@H](CO)[C@H](O)[C@@H]4O)[C@@H]3O)O[C@@H]2CO)O[C@@H]1CO. The van der Waals surface area contributed by atoms with Gasteiger partial charge >= 0.3 is 0 Å². The number of hydrogen-bond donors (Lipinski definition) is 16. The second kappa shape index (κ2) is 22.6. The van der Waals surface area contributed by atoms with Crippen molar-refractivity contribution in [3.05, 3.63) is 0 Å². The number of aliphatic hydroxyl groups excluding tert-OH is 14. The first kappa shape index (κ1) is 52.0. The molecule has 366 valence electrons. The summed E-state index contributed by atoms with van der Waals surface area (Å²) in [5.74, 6) is -1.44. The molecular weight excluding hydrogens is 864 g/mol. The number of aliphatic hydroxyl groups is 14. The molecule has 1 unspecified atom stereocenters. The van der Waals surface area contributed by atoms with Gasteiger partial charge in [0, 0.05) is 21.0 Å². The molecule has 28 nitrogen and oxygen atoms in total. The van der Waals surface area contributed by atoms with Crippen LogP contribution in [0, 0.1) is 0 Å². The van der Waals surface area contributed by atoms with Crippen molar-refractivity contribution in [3.63, 3.8) is 0 Å². The van der Waals surface area contributed by atoms with Crippen LogP contribution in [0.25, 0.3) is 0 Å². The van der Waals surface area contributed by atoms with Crippen molar-refractivity contribution in [1.82, 2.24) is 10.6 Å². The first-order valence-corrected chi connectivity index (χ1v) is 20.0. The van der Waals surface area contributed by atoms with E-state index in [0.717, 1.165) is 13.8 Å². The minimum absolute atomic E-state index is 0.651. The maximum absolute atomic E-state index is 12.5. The topological polar surface area (TPSA) is 434 Å². The van der Waals surface area contributed by atoms with Crippen LogP contribution in [-0.4, -0.2) is 277 Å². The summed E-state index contributed by atoms with van der Waals surface area (Å²) in [5.41, 5.74) is 0. The molecule has 16 N–H and O–H groups in total. The van der Waals surface area contributed by atoms with Gasteiger partial charge in [0.15, 0.2) is 31.5 Å². The van der Waals surface area contributed by atoms with E-state index in [1.54, 1.807) is 0 Å². The van der Waals surface area contributed by atoms with Gasteiger partial charge in [-0.1, -0.05) is 0 Å². The third-order valence-corrected chi connectivity index (χ3v) is 11.4. The lowest BCUT2D eigenvalue weighted by Crippen LogP contribution is -2.70. The Morgan fingerprint density at radius 1 is 0.413 bits per heavy atom. The molecule has 63 heavy (non-hydrogen) atoms. The number of carbonyl (C=O) groups is 2. The maximum atomic E-state index is 12.5. The van der Waals surface area contributed by atoms with Gasteiger partial charge in [-0.15, -0.1) is 0 Å². The maximum Gasteiger partial charge on any atom is 0.217 e. The average Bonchev–Trinajstić information content (AvgIpc) is 3.25. The zero-order valence-corrected chi connectivity index (χ0v) is 34.1. The molecule has 0 aromatic heterocycles. The van der Waals surface area contributed by atoms with Crippen LogP contribution in [0.4, 0.5) is 0 Å². The van der Waals surface area contributed by atoms with Crippen molar-refractivity contribution in [2.75, 3.05) is 40.1 Å². The van der Waals surface area contributed by atoms with E-state index in [-0.39, 0.29) is 0 Å². The van der Waals surface area contributed by atoms with Crippen LogP contribution >= 0.6 is 0 Å². The van der Waals surface area contributed by atoms with Crippen LogP contribution in [0.15, 0.2) is 0 Å². The van der Waals surface area contributed by atoms with E-state index >= 15 is 0 Å². The number of methoxy groups -OCH3 is 1. The van der Waals surface area contributed by atoms with Crippen LogP contribution in [0.1, 0.15) is 13.8 Å². The van der Waals surface area contributed by atoms with Gasteiger partial charge in [-0.25, -0.2) is 0 Å². The number of ether oxygens (including phenoxy) is 10. The molecule has 5 aliphatic rings. The van der Waals surface area contributed by atoms with Crippen molar-refractivity contribution in [3.8, 4) is 0 Å². The fourth-order valence-electron chi connectivity index (χ4n) is 8.09. The van der Waals surface area contributed by atoms with Crippen LogP contribution in [-0.2, 0) is 57.0 Å². The summed E-state index contributed by atoms with van der Waals surface area (Å²) >= 11 is 0. The summed E-state index contributed by atoms with van der Waals surface area (Å²) in [4.78, 5) is 24.6. The standard InChI is InChI=1S/C35H60N2O26/c1-9(43)36-16-20(47)26(54-3)13(6-40)58-32(16)60-27-15(8-42)59-33(17(21(27)48)37-10(2)44)62-29-19(46)12(5-39)56-34(25(29)52)63-30-22(49)18(45)11(4-38)57-35(30)61-28-14(7-41)55-31(53)24(51)23(28)50/h11-35,38-42,45-53H,4-8H2,1-3H3,(H,36,43)(H,37,44)/t11-,12-,13-,14-,15-,16-,17-,18+,19+,20-,21-,22+,23-,24-,25-,26-,27+,28-,29+,30-,31?,32-,33-,34-,35+/m1/s1. The van der Waals surface area contributed by atoms with Crippen molar-refractivity contribution >= 4 is 11.8 Å². The van der Waals surface area contributed by atoms with Gasteiger partial charge < -0.3 is 129 Å². The molecule has 25 atom stereocenters. The Kier molecular flexibility index (Phi) is 18.7. The van der Waals surface area contributed by atoms with Crippen molar-refractivity contribution in [2.45, 2.75) is 167 Å². The van der Waals surface area contributed by atoms with E-state index in [9.17, 15) is 81.1 Å². The summed E-state index contributed by atoms with van der Waals surface area (Å²) in [7, 11) is 1.22. The van der Waals surface area contributed by atoms with Gasteiger partial charge in [0.25, 0.3) is 0 Å². The van der Waals surface area contributed by atoms with Crippen LogP contribution in [0.3, 0.4) is 0 Å². The lowest BCUT2D eigenvalue weighted by molar-refractivity contribution is -0.395. The van der Waals surface area contributed by atoms with E-state index < -0.39 is 198 Å². The Balaban J connectivity index is 1.40. The highest BCUT2D eigenvalue weighted by atomic mass is 16.8. The van der Waals surface area contributed by atoms with E-state index in [1.807, 2.05) is 0 Å². The molecule has 0 saturated carbocycles. The van der Waals surface area contributed by atoms with Crippen molar-refractivity contribution in [1.29, 1.82) is 0 Å². The number of amides is 2. The first-order valence-electron chi connectivity index (χ1n) is 20.0. The molecule has 28 heteroatoms. The van der Waals surface area contributed by atoms with Crippen LogP contribution < -0.4 is 10.6 Å². The summed E-state index contributed by atoms with van der Waals surface area (Å²) < 4.78 is 56.8. The van der Waals surface area contributed by atoms with Gasteiger partial charge in [-0.05, 0) is 0 Å². The monoisotopic (exact) mass is 924 g/mol. The zero-order valence-electron chi connectivity index (χ0n) is 34.1. The van der Waals surface area contributed by atoms with E-state index in [0.29, 0.717) is 0 Å². The second-order valence-corrected chi connectivity index (χ2v) is 15.6. The minimum Gasteiger partial charge on any atom is -0.394 e. The van der Waals surface area contributed by atoms with Gasteiger partial charge in [-0.3, -0.25) is 9.59 Å². The largest absolute Gasteiger partial charge is 0.394 e. The minimum atomic E-state index is -2.19. The molecule has 0 spiro atoms. The summed E-state index contributed by atoms with van der Waals surface area (Å²) in [6.45, 7) is -2.28. The van der Waals surface area contributed by atoms with E-state index in [1.165, 1.54) is 7.11 Å². The van der Waals surface area contributed by atoms with E-state index in [4.69, 9.17) is 47.4 Å². The third kappa shape index (κ3) is 11.2. The van der Waals surface area contributed by atoms with Gasteiger partial charge in [0.1, 0.15) is 122 Å². The second-order valence-electron chi connectivity index (χ2n) is 15.6. The predicted molar refractivity (Wildman–Crippen MR) is 195 cm³/mol. The molecule has 5 heterocycles. The number of rotatable bonds is 16. The Bertz CT molecular complexity index is 1460. The molecule has 0 aliphatic carbocycles. The molecule has 2 amide bonds. The van der Waals surface area contributed by atoms with Gasteiger partial charge in [0.05, 0.1) is 33.0 Å². The van der Waals surface area contributed by atoms with Crippen molar-refractivity contribution < 1.29 is 128 Å². The smallest absolute Gasteiger partial charge is 0.217 e. The zero-order chi connectivity index (χ0) is 46.6. The number of carbonyl (C=O) groups excluding carboxylic acids is 2. The lowest BCUT2D eigenvalue weighted by Gasteiger charge is -2.50. The summed E-state index contributed by atoms with van der Waals surface area (Å²) in [6.07, 6.45) is -41.3. The normalized spacial score (nSPS) is 48.4. The van der Waals surface area contributed by atoms with Gasteiger partial charge in [-0.2, -0.15) is 0 Å². The Hall–Kier alpha value is -2.02. The molecule has 5 saturated heterocycles. The quantitative estimate of drug-likeness (QED) is 0.0683. The number of hydrogen-bond acceptors (Lipinski definition) is 26. The summed E-state index contributed by atoms with van der Waals surface area (Å²) in [6, 6.07) is -3.08. The molecular formula is C35H60N2O26. The number of nitrogens with one attached hydrogen (secondary N) is 2. The Morgan fingerprint density at radius 3 is 1.30 bits per heavy atom. The molecule has 0 bridgehead atoms. The van der Waals surface area contributed by atoms with Crippen LogP contribution in [0.2, 0.25) is 0 Å². The predicted octanol–water partition coefficient (Wildman–Crippen LogP) is -11.0. The highest BCUT2D eigenvalue weighted by molar-refractivity contribution is 5.73. The Labute approximate surface area is 358 Å². The van der Waals surface area contributed by atoms with Crippen molar-refractivity contribution in [2.24, 2.45) is 0 Å². The molecule has 5 fully saturated rings.